The van der Waals surface area contributed by atoms with Crippen molar-refractivity contribution in [3.8, 4) is 0 Å². The van der Waals surface area contributed by atoms with Crippen LogP contribution in [-0.2, 0) is 11.3 Å². The summed E-state index contributed by atoms with van der Waals surface area (Å²) < 4.78 is 5.44. The van der Waals surface area contributed by atoms with E-state index >= 15 is 0 Å². The molecule has 0 aromatic heterocycles. The molecule has 25 heavy (non-hydrogen) atoms. The predicted molar refractivity (Wildman–Crippen MR) is 102 cm³/mol. The molecule has 0 bridgehead atoms. The molecular weight excluding hydrogens is 314 g/mol. The number of benzene rings is 3. The molecule has 0 aliphatic rings. The van der Waals surface area contributed by atoms with Crippen LogP contribution in [0.2, 0.25) is 0 Å². The second kappa shape index (κ2) is 7.93. The zero-order valence-electron chi connectivity index (χ0n) is 14.5. The summed E-state index contributed by atoms with van der Waals surface area (Å²) in [5.74, 6) is 0. The van der Waals surface area contributed by atoms with Crippen molar-refractivity contribution in [2.75, 3.05) is 26.4 Å². The summed E-state index contributed by atoms with van der Waals surface area (Å²) in [5.41, 5.74) is 0.292. The van der Waals surface area contributed by atoms with Crippen LogP contribution in [-0.4, -0.2) is 42.2 Å². The third-order valence-corrected chi connectivity index (χ3v) is 4.70. The van der Waals surface area contributed by atoms with Crippen molar-refractivity contribution in [1.82, 2.24) is 5.32 Å². The Balaban J connectivity index is 1.97. The number of nitrogens with one attached hydrogen (secondary N) is 1. The molecule has 0 fully saturated rings. The zero-order chi connectivity index (χ0) is 17.7. The van der Waals surface area contributed by atoms with Crippen molar-refractivity contribution < 1.29 is 14.9 Å². The Morgan fingerprint density at radius 1 is 0.920 bits per heavy atom. The van der Waals surface area contributed by atoms with Crippen LogP contribution >= 0.6 is 0 Å². The minimum absolute atomic E-state index is 0.186. The van der Waals surface area contributed by atoms with Crippen LogP contribution in [0.1, 0.15) is 12.5 Å². The third kappa shape index (κ3) is 3.67. The minimum Gasteiger partial charge on any atom is -0.394 e. The van der Waals surface area contributed by atoms with E-state index in [1.165, 1.54) is 21.5 Å². The summed E-state index contributed by atoms with van der Waals surface area (Å²) in [6, 6.07) is 18.8. The summed E-state index contributed by atoms with van der Waals surface area (Å²) in [6.45, 7) is 2.88. The van der Waals surface area contributed by atoms with Crippen LogP contribution in [0.25, 0.3) is 21.5 Å². The number of fused-ring (bicyclic) bond motifs is 3. The van der Waals surface area contributed by atoms with Gasteiger partial charge < -0.3 is 20.3 Å². The van der Waals surface area contributed by atoms with E-state index in [-0.39, 0.29) is 19.8 Å². The van der Waals surface area contributed by atoms with Gasteiger partial charge in [0, 0.05) is 13.2 Å². The highest BCUT2D eigenvalue weighted by Gasteiger charge is 2.28. The fourth-order valence-electron chi connectivity index (χ4n) is 3.16. The van der Waals surface area contributed by atoms with Gasteiger partial charge in [0.1, 0.15) is 0 Å². The van der Waals surface area contributed by atoms with Crippen LogP contribution in [0.15, 0.2) is 54.6 Å². The van der Waals surface area contributed by atoms with E-state index in [0.29, 0.717) is 13.2 Å². The predicted octanol–water partition coefficient (Wildman–Crippen LogP) is 2.84. The summed E-state index contributed by atoms with van der Waals surface area (Å²) in [5, 5.41) is 27.6. The first-order valence-corrected chi connectivity index (χ1v) is 8.67. The van der Waals surface area contributed by atoms with E-state index in [9.17, 15) is 10.2 Å². The van der Waals surface area contributed by atoms with Crippen molar-refractivity contribution in [3.05, 3.63) is 60.2 Å². The molecule has 0 aliphatic heterocycles. The molecule has 132 valence electrons. The normalized spacial score (nSPS) is 12.1. The largest absolute Gasteiger partial charge is 0.394 e. The smallest absolute Gasteiger partial charge is 0.0886 e. The molecule has 3 aromatic rings. The van der Waals surface area contributed by atoms with Gasteiger partial charge in [-0.1, -0.05) is 48.5 Å². The van der Waals surface area contributed by atoms with E-state index in [1.807, 2.05) is 25.1 Å². The topological polar surface area (TPSA) is 61.7 Å². The number of hydrogen-bond acceptors (Lipinski definition) is 4. The van der Waals surface area contributed by atoms with Gasteiger partial charge in [-0.15, -0.1) is 0 Å². The molecule has 4 nitrogen and oxygen atoms in total. The van der Waals surface area contributed by atoms with Gasteiger partial charge in [0.2, 0.25) is 0 Å². The van der Waals surface area contributed by atoms with Gasteiger partial charge in [-0.3, -0.25) is 0 Å². The lowest BCUT2D eigenvalue weighted by Crippen LogP contribution is -2.55. The third-order valence-electron chi connectivity index (χ3n) is 4.70. The fourth-order valence-corrected chi connectivity index (χ4v) is 3.16. The van der Waals surface area contributed by atoms with Crippen molar-refractivity contribution in [2.24, 2.45) is 0 Å². The SMILES string of the molecule is CCOCC(CO)(CO)NCc1cc2ccccc2c2ccccc12. The van der Waals surface area contributed by atoms with Gasteiger partial charge >= 0.3 is 0 Å². The van der Waals surface area contributed by atoms with Crippen LogP contribution in [0.3, 0.4) is 0 Å². The van der Waals surface area contributed by atoms with Crippen LogP contribution in [0.5, 0.6) is 0 Å². The highest BCUT2D eigenvalue weighted by atomic mass is 16.5. The van der Waals surface area contributed by atoms with Gasteiger partial charge in [-0.05, 0) is 40.1 Å². The van der Waals surface area contributed by atoms with Crippen molar-refractivity contribution in [1.29, 1.82) is 0 Å². The van der Waals surface area contributed by atoms with Gasteiger partial charge in [-0.2, -0.15) is 0 Å². The zero-order valence-corrected chi connectivity index (χ0v) is 14.5. The number of aliphatic hydroxyl groups is 2. The summed E-state index contributed by atoms with van der Waals surface area (Å²) >= 11 is 0. The van der Waals surface area contributed by atoms with E-state index in [4.69, 9.17) is 4.74 Å². The Morgan fingerprint density at radius 3 is 2.24 bits per heavy atom. The Labute approximate surface area is 148 Å². The molecule has 0 heterocycles. The van der Waals surface area contributed by atoms with Crippen molar-refractivity contribution >= 4 is 21.5 Å². The molecule has 0 amide bonds. The Morgan fingerprint density at radius 2 is 1.56 bits per heavy atom. The molecule has 0 saturated heterocycles. The average molecular weight is 339 g/mol. The van der Waals surface area contributed by atoms with Crippen LogP contribution in [0, 0.1) is 0 Å². The first-order chi connectivity index (χ1) is 12.2. The highest BCUT2D eigenvalue weighted by molar-refractivity contribution is 6.08. The molecule has 3 rings (SSSR count). The van der Waals surface area contributed by atoms with Gasteiger partial charge in [0.05, 0.1) is 25.4 Å². The summed E-state index contributed by atoms with van der Waals surface area (Å²) in [4.78, 5) is 0. The van der Waals surface area contributed by atoms with Gasteiger partial charge in [0.15, 0.2) is 0 Å². The van der Waals surface area contributed by atoms with Gasteiger partial charge in [-0.25, -0.2) is 0 Å². The van der Waals surface area contributed by atoms with Crippen molar-refractivity contribution in [3.63, 3.8) is 0 Å². The monoisotopic (exact) mass is 339 g/mol. The second-order valence-corrected chi connectivity index (χ2v) is 6.39. The molecule has 0 aliphatic carbocycles. The van der Waals surface area contributed by atoms with E-state index in [2.05, 4.69) is 41.7 Å². The molecule has 4 heteroatoms. The summed E-state index contributed by atoms with van der Waals surface area (Å²) in [6.07, 6.45) is 0. The lowest BCUT2D eigenvalue weighted by molar-refractivity contribution is 0.00757. The van der Waals surface area contributed by atoms with Gasteiger partial charge in [0.25, 0.3) is 0 Å². The lowest BCUT2D eigenvalue weighted by Gasteiger charge is -2.31. The maximum absolute atomic E-state index is 9.76. The number of ether oxygens (including phenoxy) is 1. The van der Waals surface area contributed by atoms with E-state index < -0.39 is 5.54 Å². The molecule has 3 N–H and O–H groups in total. The molecule has 0 atom stereocenters. The molecule has 3 aromatic carbocycles. The Bertz CT molecular complexity index is 843. The number of aliphatic hydroxyl groups excluding tert-OH is 2. The maximum Gasteiger partial charge on any atom is 0.0886 e. The molecule has 0 saturated carbocycles. The highest BCUT2D eigenvalue weighted by Crippen LogP contribution is 2.28. The Hall–Kier alpha value is -1.98. The fraction of sp³-hybridized carbons (Fsp3) is 0.333. The minimum atomic E-state index is -0.844. The molecule has 0 radical (unpaired) electrons. The standard InChI is InChI=1S/C21H25NO3/c1-2-25-15-21(13-23,14-24)22-12-17-11-16-7-3-4-8-18(16)20-10-6-5-9-19(17)20/h3-11,22-24H,2,12-15H2,1H3. The van der Waals surface area contributed by atoms with E-state index in [1.54, 1.807) is 0 Å². The van der Waals surface area contributed by atoms with Crippen LogP contribution < -0.4 is 5.32 Å². The average Bonchev–Trinajstić information content (AvgIpc) is 2.68. The maximum atomic E-state index is 9.76. The molecule has 0 unspecified atom stereocenters. The molecule has 0 spiro atoms. The first-order valence-electron chi connectivity index (χ1n) is 8.67. The number of hydrogen-bond donors (Lipinski definition) is 3. The van der Waals surface area contributed by atoms with Crippen LogP contribution in [0.4, 0.5) is 0 Å². The van der Waals surface area contributed by atoms with E-state index in [0.717, 1.165) is 5.56 Å². The Kier molecular flexibility index (Phi) is 5.66. The number of rotatable bonds is 8. The quantitative estimate of drug-likeness (QED) is 0.552. The van der Waals surface area contributed by atoms with Crippen molar-refractivity contribution in [2.45, 2.75) is 19.0 Å². The first kappa shape index (κ1) is 17.8. The second-order valence-electron chi connectivity index (χ2n) is 6.39. The molecular formula is C21H25NO3. The lowest BCUT2D eigenvalue weighted by atomic mass is 9.96. The summed E-state index contributed by atoms with van der Waals surface area (Å²) in [7, 11) is 0.